The third-order valence-corrected chi connectivity index (χ3v) is 25.4. The van der Waals surface area contributed by atoms with Crippen LogP contribution < -0.4 is 17.2 Å². The van der Waals surface area contributed by atoms with Gasteiger partial charge in [-0.25, -0.2) is 58.6 Å². The molecule has 0 radical (unpaired) electrons. The van der Waals surface area contributed by atoms with Crippen molar-refractivity contribution in [1.29, 1.82) is 0 Å². The number of methoxy groups -OCH3 is 1. The lowest BCUT2D eigenvalue weighted by Gasteiger charge is -2.33. The Morgan fingerprint density at radius 1 is 0.368 bits per heavy atom. The lowest BCUT2D eigenvalue weighted by Crippen LogP contribution is -2.49. The number of fused-ring (bicyclic) bond motifs is 3. The van der Waals surface area contributed by atoms with Gasteiger partial charge >= 0.3 is 77.2 Å². The normalized spacial score (nSPS) is 21.4. The average Bonchev–Trinajstić information content (AvgIpc) is 1.60. The zero-order chi connectivity index (χ0) is 101. The van der Waals surface area contributed by atoms with Gasteiger partial charge in [0.15, 0.2) is 59.9 Å². The van der Waals surface area contributed by atoms with Crippen LogP contribution in [-0.4, -0.2) is 314 Å². The van der Waals surface area contributed by atoms with Crippen LogP contribution in [0.15, 0.2) is 38.0 Å². The fraction of sp³-hybridized carbons (Fsp3) is 0.636. The molecule has 0 amide bonds. The van der Waals surface area contributed by atoms with Gasteiger partial charge in [0, 0.05) is 34.8 Å². The molecule has 14 atom stereocenters. The van der Waals surface area contributed by atoms with E-state index in [-0.39, 0.29) is 50.9 Å². The first-order valence-electron chi connectivity index (χ1n) is 41.4. The second-order valence-electron chi connectivity index (χ2n) is 31.6. The fourth-order valence-corrected chi connectivity index (χ4v) is 17.6. The molecule has 9 heterocycles. The third-order valence-electron chi connectivity index (χ3n) is 21.2. The number of aliphatic hydroxyl groups excluding tert-OH is 2. The number of hydrogen-bond acceptors (Lipinski definition) is 53. The molecule has 0 aromatic carbocycles. The SMILES string of the molecule is CCOC(=O)C(COC(C)=O)(COP(=O)(OC[C@@H]1O[C@@H](n2cnc3c(N)ncnc32)[C@H](O)[C@@H]1O)O[C@@H]1[C@H](OCOC(=O)C(C)(C)C)[C@@H](COP(=O)(OCC(COC(C)=O)(C(=O)OCC)C(=O)OCC)O[C@H]2[C@H](OC)[C@@H](COP(=O)(OCC(COC(C)=O)(C(C)=O)C(C)=O)OCC(COC(C)=O)(C(C)=O)C(C)=O)O[C@H]2n2cnc3c(N)ncnc32)O[C@H]1n1cnc2c(N)ncnc21)C(=O)OCC. The van der Waals surface area contributed by atoms with Gasteiger partial charge in [0.25, 0.3) is 0 Å². The monoisotopic (exact) mass is 1990 g/mol. The van der Waals surface area contributed by atoms with Gasteiger partial charge in [-0.3, -0.25) is 117 Å². The Morgan fingerprint density at radius 2 is 0.669 bits per heavy atom. The number of ketones is 4. The number of aliphatic hydroxyl groups is 2. The first kappa shape index (κ1) is 109. The van der Waals surface area contributed by atoms with Crippen LogP contribution in [0.1, 0.15) is 123 Å². The van der Waals surface area contributed by atoms with Crippen LogP contribution in [0.25, 0.3) is 33.5 Å². The highest BCUT2D eigenvalue weighted by molar-refractivity contribution is 7.49. The first-order chi connectivity index (χ1) is 64.0. The van der Waals surface area contributed by atoms with E-state index in [1.165, 1.54) is 48.5 Å². The molecule has 8 N–H and O–H groups in total. The van der Waals surface area contributed by atoms with Crippen molar-refractivity contribution in [3.8, 4) is 0 Å². The maximum absolute atomic E-state index is 17.2. The predicted molar refractivity (Wildman–Crippen MR) is 449 cm³/mol. The Kier molecular flexibility index (Phi) is 36.7. The number of ether oxygens (including phenoxy) is 14. The molecule has 3 aliphatic heterocycles. The summed E-state index contributed by atoms with van der Waals surface area (Å²) >= 11 is 0. The number of hydrogen-bond donors (Lipinski definition) is 5. The summed E-state index contributed by atoms with van der Waals surface area (Å²) < 4.78 is 188. The van der Waals surface area contributed by atoms with Crippen molar-refractivity contribution in [3.63, 3.8) is 0 Å². The number of esters is 9. The van der Waals surface area contributed by atoms with Gasteiger partial charge in [-0.05, 0) is 76.2 Å². The molecular formula is C77H106N15O41P3. The number of carbonyl (C=O) groups is 13. The maximum atomic E-state index is 17.2. The molecule has 3 fully saturated rings. The zero-order valence-electron chi connectivity index (χ0n) is 76.5. The van der Waals surface area contributed by atoms with Crippen LogP contribution in [0.3, 0.4) is 0 Å². The number of nitrogen functional groups attached to an aromatic ring is 3. The van der Waals surface area contributed by atoms with Gasteiger partial charge in [-0.2, -0.15) is 0 Å². The Labute approximate surface area is 772 Å². The number of carbonyl (C=O) groups excluding carboxylic acids is 13. The lowest BCUT2D eigenvalue weighted by atomic mass is 9.82. The molecule has 750 valence electrons. The summed E-state index contributed by atoms with van der Waals surface area (Å²) in [6, 6.07) is 0. The molecule has 2 unspecified atom stereocenters. The van der Waals surface area contributed by atoms with Crippen LogP contribution >= 0.6 is 23.5 Å². The van der Waals surface area contributed by atoms with E-state index in [4.69, 9.17) is 124 Å². The lowest BCUT2D eigenvalue weighted by molar-refractivity contribution is -0.184. The van der Waals surface area contributed by atoms with Crippen LogP contribution in [0, 0.1) is 27.1 Å². The van der Waals surface area contributed by atoms with E-state index >= 15 is 13.7 Å². The van der Waals surface area contributed by atoms with Gasteiger partial charge in [-0.15, -0.1) is 0 Å². The molecule has 3 saturated heterocycles. The van der Waals surface area contributed by atoms with E-state index < -0.39 is 307 Å². The number of nitrogens with zero attached hydrogens (tertiary/aromatic N) is 12. The van der Waals surface area contributed by atoms with Gasteiger partial charge < -0.3 is 93.7 Å². The summed E-state index contributed by atoms with van der Waals surface area (Å²) in [5.41, 5.74) is 5.38. The van der Waals surface area contributed by atoms with E-state index in [1.54, 1.807) is 0 Å². The van der Waals surface area contributed by atoms with Crippen LogP contribution in [0.5, 0.6) is 0 Å². The highest BCUT2D eigenvalue weighted by Crippen LogP contribution is 2.60. The largest absolute Gasteiger partial charge is 0.475 e. The van der Waals surface area contributed by atoms with Crippen molar-refractivity contribution in [2.45, 2.75) is 177 Å². The molecule has 0 aliphatic carbocycles. The molecule has 3 aliphatic rings. The molecule has 59 heteroatoms. The number of Topliss-reactive ketones (excluding diaryl/α,β-unsaturated/α-hetero) is 4. The number of rotatable bonds is 52. The molecule has 6 aromatic rings. The average molecular weight is 1990 g/mol. The molecule has 9 rings (SSSR count). The van der Waals surface area contributed by atoms with Crippen molar-refractivity contribution in [3.05, 3.63) is 38.0 Å². The van der Waals surface area contributed by atoms with Crippen molar-refractivity contribution < 1.29 is 193 Å². The van der Waals surface area contributed by atoms with Crippen molar-refractivity contribution in [2.24, 2.45) is 27.1 Å². The molecule has 56 nitrogen and oxygen atoms in total. The summed E-state index contributed by atoms with van der Waals surface area (Å²) in [5.74, 6) is -16.4. The molecule has 136 heavy (non-hydrogen) atoms. The van der Waals surface area contributed by atoms with Gasteiger partial charge in [0.1, 0.15) is 151 Å². The maximum Gasteiger partial charge on any atom is 0.475 e. The number of imidazole rings is 3. The highest BCUT2D eigenvalue weighted by Gasteiger charge is 2.61. The second kappa shape index (κ2) is 46.0. The summed E-state index contributed by atoms with van der Waals surface area (Å²) in [5, 5.41) is 23.6. The van der Waals surface area contributed by atoms with Crippen LogP contribution in [-0.2, 0) is 183 Å². The predicted octanol–water partition coefficient (Wildman–Crippen LogP) is 1.63. The van der Waals surface area contributed by atoms with E-state index in [0.717, 1.165) is 114 Å². The molecule has 0 spiro atoms. The van der Waals surface area contributed by atoms with E-state index in [0.29, 0.717) is 0 Å². The Hall–Kier alpha value is -11.0. The van der Waals surface area contributed by atoms with Crippen LogP contribution in [0.4, 0.5) is 17.5 Å². The first-order valence-corrected chi connectivity index (χ1v) is 45.8. The van der Waals surface area contributed by atoms with Crippen molar-refractivity contribution in [2.75, 3.05) is 130 Å². The summed E-state index contributed by atoms with van der Waals surface area (Å²) in [6.45, 7) is -1.08. The number of phosphoric ester groups is 3. The minimum absolute atomic E-state index is 0.0165. The standard InChI is InChI=1S/C77H106N15O41P3/c1-17-112-69(104)76(26-118-45(11)99,70(105)113-18-2)30-127-135(109,123-21-47-53(101)54(102)65(129-47)90-35-87-50-59(78)81-32-84-62(50)90)133-58-56(120-38-121-68(103)73(13,14)15)49(131-67(58)92-37-89-52-61(80)83-34-86-64(52)92)23-124-136(110,128-31-77(27-119-46(12)100,71(106)114-19-3)72(107)115-20-4)132-57-55(111-16)48(130-66(57)91-36-88-51-60(79)82-33-85-63(51)91)22-122-134(108,125-28-74(39(5)93,40(6)94)24-116-43(9)97)126-29-75(41(7)95,42(8)96)25-117-44(10)98/h32-37,47-49,53-58,65-67,101-102H,17-31,38H2,1-16H3,(H2,78,81,84)(H2,79,82,85)(H2,80,83,86)/t47-,48+,49+,53+,54+,55+,56+,57-,58+,65+,66+,67+,135?,136?/m0/s1. The number of aromatic nitrogens is 12. The summed E-state index contributed by atoms with van der Waals surface area (Å²) in [4.78, 5) is 215. The quantitative estimate of drug-likeness (QED) is 0.0119. The summed E-state index contributed by atoms with van der Waals surface area (Å²) in [7, 11) is -17.1. The highest BCUT2D eigenvalue weighted by atomic mass is 31.2. The minimum Gasteiger partial charge on any atom is -0.465 e. The van der Waals surface area contributed by atoms with Gasteiger partial charge in [0.05, 0.1) is 97.1 Å². The Bertz CT molecular complexity index is 5410. The third kappa shape index (κ3) is 24.7. The molecular weight excluding hydrogens is 1880 g/mol. The van der Waals surface area contributed by atoms with Gasteiger partial charge in [-0.1, -0.05) is 0 Å². The van der Waals surface area contributed by atoms with Crippen LogP contribution in [0.2, 0.25) is 0 Å². The smallest absolute Gasteiger partial charge is 0.465 e. The zero-order valence-corrected chi connectivity index (χ0v) is 79.1. The number of nitrogens with two attached hydrogens (primary N) is 3. The Balaban J connectivity index is 1.25. The number of phosphoric acid groups is 3. The summed E-state index contributed by atoms with van der Waals surface area (Å²) in [6.07, 6.45) is -18.5. The molecule has 0 saturated carbocycles. The minimum atomic E-state index is -6.24. The van der Waals surface area contributed by atoms with Crippen molar-refractivity contribution >= 4 is 151 Å². The topological polar surface area (TPSA) is 735 Å². The van der Waals surface area contributed by atoms with E-state index in [1.807, 2.05) is 0 Å². The van der Waals surface area contributed by atoms with Gasteiger partial charge in [0.2, 0.25) is 10.8 Å². The second-order valence-corrected chi connectivity index (χ2v) is 36.5. The fourth-order valence-electron chi connectivity index (χ4n) is 13.4. The van der Waals surface area contributed by atoms with E-state index in [2.05, 4.69) is 44.9 Å². The van der Waals surface area contributed by atoms with E-state index in [9.17, 15) is 72.5 Å². The molecule has 6 aromatic heterocycles. The van der Waals surface area contributed by atoms with Crippen molar-refractivity contribution in [1.82, 2.24) is 58.6 Å². The Morgan fingerprint density at radius 3 is 1.00 bits per heavy atom. The number of anilines is 3. The molecule has 0 bridgehead atoms.